The highest BCUT2D eigenvalue weighted by atomic mass is 16.1. The summed E-state index contributed by atoms with van der Waals surface area (Å²) in [5.41, 5.74) is 2.65. The summed E-state index contributed by atoms with van der Waals surface area (Å²) < 4.78 is 0. The van der Waals surface area contributed by atoms with Gasteiger partial charge in [0.2, 0.25) is 0 Å². The van der Waals surface area contributed by atoms with Crippen molar-refractivity contribution in [3.63, 3.8) is 0 Å². The van der Waals surface area contributed by atoms with Gasteiger partial charge in [0, 0.05) is 25.0 Å². The van der Waals surface area contributed by atoms with Gasteiger partial charge in [-0.05, 0) is 51.2 Å². The first-order valence-electron chi connectivity index (χ1n) is 8.32. The third-order valence-corrected chi connectivity index (χ3v) is 3.65. The number of amides is 1. The molecule has 5 heteroatoms. The largest absolute Gasteiger partial charge is 0.385 e. The summed E-state index contributed by atoms with van der Waals surface area (Å²) in [7, 11) is 4.04. The van der Waals surface area contributed by atoms with Gasteiger partial charge in [-0.2, -0.15) is 0 Å². The fraction of sp³-hybridized carbons (Fsp3) is 0.368. The van der Waals surface area contributed by atoms with Gasteiger partial charge in [-0.1, -0.05) is 30.3 Å². The van der Waals surface area contributed by atoms with Crippen LogP contribution in [-0.2, 0) is 6.42 Å². The fourth-order valence-electron chi connectivity index (χ4n) is 2.35. The molecule has 24 heavy (non-hydrogen) atoms. The summed E-state index contributed by atoms with van der Waals surface area (Å²) in [6, 6.07) is 14.0. The molecular formula is C19H26N4O. The van der Waals surface area contributed by atoms with Crippen LogP contribution in [0.4, 0.5) is 5.69 Å². The number of carbonyl (C=O) groups excluding carboxylic acids is 1. The number of rotatable bonds is 9. The standard InChI is InChI=1S/C19H26N4O/c1-23(2)14-6-11-22-19(24)18-15-17(10-13-21-18)20-12-9-16-7-4-3-5-8-16/h3-5,7-8,10,13,15H,6,9,11-12,14H2,1-2H3,(H,20,21)(H,22,24). The molecule has 0 aliphatic rings. The number of hydrogen-bond acceptors (Lipinski definition) is 4. The van der Waals surface area contributed by atoms with Gasteiger partial charge in [-0.15, -0.1) is 0 Å². The molecule has 0 unspecified atom stereocenters. The molecule has 0 atom stereocenters. The summed E-state index contributed by atoms with van der Waals surface area (Å²) in [5, 5.41) is 6.25. The topological polar surface area (TPSA) is 57.3 Å². The van der Waals surface area contributed by atoms with Gasteiger partial charge in [-0.25, -0.2) is 0 Å². The lowest BCUT2D eigenvalue weighted by Gasteiger charge is -2.10. The maximum Gasteiger partial charge on any atom is 0.269 e. The van der Waals surface area contributed by atoms with Crippen molar-refractivity contribution in [1.29, 1.82) is 0 Å². The minimum atomic E-state index is -0.125. The minimum Gasteiger partial charge on any atom is -0.385 e. The molecule has 0 saturated carbocycles. The number of nitrogens with one attached hydrogen (secondary N) is 2. The van der Waals surface area contributed by atoms with E-state index < -0.39 is 0 Å². The Morgan fingerprint density at radius 3 is 2.67 bits per heavy atom. The average Bonchev–Trinajstić information content (AvgIpc) is 2.59. The van der Waals surface area contributed by atoms with E-state index in [2.05, 4.69) is 32.7 Å². The van der Waals surface area contributed by atoms with Crippen LogP contribution >= 0.6 is 0 Å². The highest BCUT2D eigenvalue weighted by Crippen LogP contribution is 2.09. The van der Waals surface area contributed by atoms with Crippen molar-refractivity contribution in [2.24, 2.45) is 0 Å². The second-order valence-electron chi connectivity index (χ2n) is 6.00. The Kier molecular flexibility index (Phi) is 7.23. The van der Waals surface area contributed by atoms with Crippen LogP contribution in [-0.4, -0.2) is 49.5 Å². The highest BCUT2D eigenvalue weighted by molar-refractivity contribution is 5.93. The van der Waals surface area contributed by atoms with E-state index in [1.807, 2.05) is 38.4 Å². The monoisotopic (exact) mass is 326 g/mol. The molecule has 2 rings (SSSR count). The van der Waals surface area contributed by atoms with Crippen LogP contribution in [0.3, 0.4) is 0 Å². The average molecular weight is 326 g/mol. The van der Waals surface area contributed by atoms with Gasteiger partial charge in [0.05, 0.1) is 0 Å². The first-order chi connectivity index (χ1) is 11.6. The summed E-state index contributed by atoms with van der Waals surface area (Å²) in [4.78, 5) is 18.4. The zero-order valence-electron chi connectivity index (χ0n) is 14.5. The Morgan fingerprint density at radius 1 is 1.12 bits per heavy atom. The fourth-order valence-corrected chi connectivity index (χ4v) is 2.35. The van der Waals surface area contributed by atoms with E-state index in [0.29, 0.717) is 12.2 Å². The van der Waals surface area contributed by atoms with Crippen LogP contribution in [0.25, 0.3) is 0 Å². The molecule has 1 aromatic carbocycles. The van der Waals surface area contributed by atoms with Crippen LogP contribution in [0, 0.1) is 0 Å². The summed E-state index contributed by atoms with van der Waals surface area (Å²) in [5.74, 6) is -0.125. The Bertz CT molecular complexity index is 628. The lowest BCUT2D eigenvalue weighted by molar-refractivity contribution is 0.0947. The third-order valence-electron chi connectivity index (χ3n) is 3.65. The zero-order valence-corrected chi connectivity index (χ0v) is 14.5. The van der Waals surface area contributed by atoms with E-state index in [9.17, 15) is 4.79 Å². The number of nitrogens with zero attached hydrogens (tertiary/aromatic N) is 2. The second kappa shape index (κ2) is 9.67. The minimum absolute atomic E-state index is 0.125. The van der Waals surface area contributed by atoms with Gasteiger partial charge in [0.15, 0.2) is 0 Å². The summed E-state index contributed by atoms with van der Waals surface area (Å²) in [6.07, 6.45) is 3.53. The highest BCUT2D eigenvalue weighted by Gasteiger charge is 2.07. The van der Waals surface area contributed by atoms with Gasteiger partial charge in [0.25, 0.3) is 5.91 Å². The molecule has 1 aromatic heterocycles. The van der Waals surface area contributed by atoms with Crippen LogP contribution < -0.4 is 10.6 Å². The van der Waals surface area contributed by atoms with Crippen molar-refractivity contribution < 1.29 is 4.79 Å². The Hall–Kier alpha value is -2.40. The SMILES string of the molecule is CN(C)CCCNC(=O)c1cc(NCCc2ccccc2)ccn1. The normalized spacial score (nSPS) is 10.6. The number of benzene rings is 1. The number of hydrogen-bond donors (Lipinski definition) is 2. The van der Waals surface area contributed by atoms with Gasteiger partial charge >= 0.3 is 0 Å². The van der Waals surface area contributed by atoms with Crippen LogP contribution in [0.15, 0.2) is 48.7 Å². The van der Waals surface area contributed by atoms with Gasteiger partial charge in [0.1, 0.15) is 5.69 Å². The lowest BCUT2D eigenvalue weighted by Crippen LogP contribution is -2.27. The maximum absolute atomic E-state index is 12.1. The first kappa shape index (κ1) is 17.9. The predicted octanol–water partition coefficient (Wildman–Crippen LogP) is 2.42. The molecule has 0 spiro atoms. The number of pyridine rings is 1. The van der Waals surface area contributed by atoms with E-state index in [1.165, 1.54) is 5.56 Å². The van der Waals surface area contributed by atoms with Crippen molar-refractivity contribution in [3.05, 3.63) is 59.9 Å². The molecule has 0 aliphatic heterocycles. The predicted molar refractivity (Wildman–Crippen MR) is 98.4 cm³/mol. The van der Waals surface area contributed by atoms with Crippen molar-refractivity contribution in [2.45, 2.75) is 12.8 Å². The van der Waals surface area contributed by atoms with Crippen molar-refractivity contribution in [1.82, 2.24) is 15.2 Å². The van der Waals surface area contributed by atoms with Crippen molar-refractivity contribution in [3.8, 4) is 0 Å². The lowest BCUT2D eigenvalue weighted by atomic mass is 10.1. The van der Waals surface area contributed by atoms with Crippen LogP contribution in [0.2, 0.25) is 0 Å². The summed E-state index contributed by atoms with van der Waals surface area (Å²) >= 11 is 0. The van der Waals surface area contributed by atoms with E-state index in [-0.39, 0.29) is 5.91 Å². The van der Waals surface area contributed by atoms with E-state index >= 15 is 0 Å². The molecular weight excluding hydrogens is 300 g/mol. The molecule has 0 radical (unpaired) electrons. The molecule has 2 aromatic rings. The number of aromatic nitrogens is 1. The van der Waals surface area contributed by atoms with Crippen molar-refractivity contribution in [2.75, 3.05) is 39.0 Å². The molecule has 0 bridgehead atoms. The molecule has 1 amide bonds. The Labute approximate surface area is 144 Å². The number of carbonyl (C=O) groups is 1. The van der Waals surface area contributed by atoms with Crippen LogP contribution in [0.5, 0.6) is 0 Å². The smallest absolute Gasteiger partial charge is 0.269 e. The Morgan fingerprint density at radius 2 is 1.92 bits per heavy atom. The molecule has 0 aliphatic carbocycles. The summed E-state index contributed by atoms with van der Waals surface area (Å²) in [6.45, 7) is 2.43. The molecule has 2 N–H and O–H groups in total. The van der Waals surface area contributed by atoms with Crippen LogP contribution in [0.1, 0.15) is 22.5 Å². The number of anilines is 1. The zero-order chi connectivity index (χ0) is 17.2. The molecule has 1 heterocycles. The molecule has 0 fully saturated rings. The first-order valence-corrected chi connectivity index (χ1v) is 8.32. The Balaban J connectivity index is 1.79. The maximum atomic E-state index is 12.1. The van der Waals surface area contributed by atoms with Gasteiger partial charge < -0.3 is 15.5 Å². The third kappa shape index (κ3) is 6.38. The van der Waals surface area contributed by atoms with Gasteiger partial charge in [-0.3, -0.25) is 9.78 Å². The molecule has 128 valence electrons. The molecule has 5 nitrogen and oxygen atoms in total. The van der Waals surface area contributed by atoms with Crippen molar-refractivity contribution >= 4 is 11.6 Å². The molecule has 0 saturated heterocycles. The second-order valence-corrected chi connectivity index (χ2v) is 6.00. The quantitative estimate of drug-likeness (QED) is 0.695. The van der Waals surface area contributed by atoms with E-state index in [4.69, 9.17) is 0 Å². The van der Waals surface area contributed by atoms with E-state index in [0.717, 1.165) is 31.6 Å². The van der Waals surface area contributed by atoms with E-state index in [1.54, 1.807) is 12.3 Å².